The number of carbonyl (C=O) groups is 2. The van der Waals surface area contributed by atoms with E-state index in [2.05, 4.69) is 4.74 Å². The number of hydrogen-bond acceptors (Lipinski definition) is 4. The van der Waals surface area contributed by atoms with E-state index in [0.29, 0.717) is 6.42 Å². The molecule has 5 heteroatoms. The first kappa shape index (κ1) is 12.2. The molecule has 0 saturated heterocycles. The number of aliphatic hydroxyl groups is 1. The third kappa shape index (κ3) is 3.06. The first-order valence-electron chi connectivity index (χ1n) is 4.77. The summed E-state index contributed by atoms with van der Waals surface area (Å²) in [5.74, 6) is -1.74. The van der Waals surface area contributed by atoms with Gasteiger partial charge in [0.25, 0.3) is 0 Å². The molecule has 0 amide bonds. The predicted octanol–water partition coefficient (Wildman–Crippen LogP) is 1.27. The standard InChI is InChI=1S/C11H12O5/c1-2-9(12)16-11(15)8-5-3-7(4-6-8)10(13)14/h3-6,9,12H,2H2,1H3,(H,13,14). The fourth-order valence-electron chi connectivity index (χ4n) is 1.02. The first-order valence-corrected chi connectivity index (χ1v) is 4.77. The Bertz CT molecular complexity index is 382. The second kappa shape index (κ2) is 5.27. The van der Waals surface area contributed by atoms with Crippen LogP contribution in [0.25, 0.3) is 0 Å². The van der Waals surface area contributed by atoms with Crippen LogP contribution in [-0.4, -0.2) is 28.4 Å². The molecular formula is C11H12O5. The van der Waals surface area contributed by atoms with Crippen molar-refractivity contribution < 1.29 is 24.5 Å². The minimum absolute atomic E-state index is 0.0904. The van der Waals surface area contributed by atoms with Gasteiger partial charge in [0.2, 0.25) is 6.29 Å². The Morgan fingerprint density at radius 2 is 1.75 bits per heavy atom. The minimum atomic E-state index is -1.13. The Labute approximate surface area is 92.3 Å². The number of hydrogen-bond donors (Lipinski definition) is 2. The Morgan fingerprint density at radius 1 is 1.25 bits per heavy atom. The van der Waals surface area contributed by atoms with Gasteiger partial charge in [0.15, 0.2) is 0 Å². The second-order valence-electron chi connectivity index (χ2n) is 3.15. The van der Waals surface area contributed by atoms with Crippen molar-refractivity contribution >= 4 is 11.9 Å². The van der Waals surface area contributed by atoms with E-state index >= 15 is 0 Å². The van der Waals surface area contributed by atoms with Crippen molar-refractivity contribution in [1.82, 2.24) is 0 Å². The molecule has 0 aliphatic carbocycles. The highest BCUT2D eigenvalue weighted by Crippen LogP contribution is 2.07. The van der Waals surface area contributed by atoms with E-state index in [1.165, 1.54) is 24.3 Å². The van der Waals surface area contributed by atoms with Crippen LogP contribution >= 0.6 is 0 Å². The molecule has 1 rings (SSSR count). The minimum Gasteiger partial charge on any atom is -0.478 e. The van der Waals surface area contributed by atoms with Gasteiger partial charge < -0.3 is 14.9 Å². The molecule has 0 spiro atoms. The zero-order chi connectivity index (χ0) is 12.1. The molecule has 1 aromatic rings. The van der Waals surface area contributed by atoms with Crippen molar-refractivity contribution in [2.24, 2.45) is 0 Å². The lowest BCUT2D eigenvalue weighted by molar-refractivity contribution is -0.0656. The summed E-state index contributed by atoms with van der Waals surface area (Å²) in [6, 6.07) is 5.29. The average molecular weight is 224 g/mol. The van der Waals surface area contributed by atoms with E-state index in [0.717, 1.165) is 0 Å². The van der Waals surface area contributed by atoms with Crippen molar-refractivity contribution in [2.45, 2.75) is 19.6 Å². The van der Waals surface area contributed by atoms with Crippen molar-refractivity contribution in [1.29, 1.82) is 0 Å². The number of esters is 1. The third-order valence-electron chi connectivity index (χ3n) is 1.96. The summed E-state index contributed by atoms with van der Waals surface area (Å²) in [6.45, 7) is 1.67. The molecular weight excluding hydrogens is 212 g/mol. The molecule has 2 N–H and O–H groups in total. The number of carbonyl (C=O) groups excluding carboxylic acids is 1. The highest BCUT2D eigenvalue weighted by atomic mass is 16.6. The molecule has 1 atom stereocenters. The quantitative estimate of drug-likeness (QED) is 0.594. The molecule has 5 nitrogen and oxygen atoms in total. The summed E-state index contributed by atoms with van der Waals surface area (Å²) >= 11 is 0. The Balaban J connectivity index is 2.74. The number of aliphatic hydroxyl groups excluding tert-OH is 1. The van der Waals surface area contributed by atoms with Crippen molar-refractivity contribution in [2.75, 3.05) is 0 Å². The lowest BCUT2D eigenvalue weighted by atomic mass is 10.1. The lowest BCUT2D eigenvalue weighted by Gasteiger charge is -2.09. The molecule has 0 aliphatic rings. The van der Waals surface area contributed by atoms with E-state index in [1.54, 1.807) is 6.92 Å². The molecule has 0 aliphatic heterocycles. The molecule has 0 radical (unpaired) electrons. The van der Waals surface area contributed by atoms with E-state index < -0.39 is 18.2 Å². The summed E-state index contributed by atoms with van der Waals surface area (Å²) in [7, 11) is 0. The smallest absolute Gasteiger partial charge is 0.340 e. The van der Waals surface area contributed by atoms with E-state index in [9.17, 15) is 9.59 Å². The van der Waals surface area contributed by atoms with Gasteiger partial charge in [0.05, 0.1) is 11.1 Å². The van der Waals surface area contributed by atoms with Crippen LogP contribution in [0.1, 0.15) is 34.1 Å². The van der Waals surface area contributed by atoms with Crippen LogP contribution in [0.15, 0.2) is 24.3 Å². The topological polar surface area (TPSA) is 83.8 Å². The monoisotopic (exact) mass is 224 g/mol. The van der Waals surface area contributed by atoms with Crippen LogP contribution in [0.3, 0.4) is 0 Å². The number of benzene rings is 1. The van der Waals surface area contributed by atoms with Gasteiger partial charge in [-0.2, -0.15) is 0 Å². The summed E-state index contributed by atoms with van der Waals surface area (Å²) in [5, 5.41) is 17.7. The summed E-state index contributed by atoms with van der Waals surface area (Å²) in [4.78, 5) is 21.9. The van der Waals surface area contributed by atoms with Crippen LogP contribution < -0.4 is 0 Å². The van der Waals surface area contributed by atoms with Gasteiger partial charge in [-0.25, -0.2) is 9.59 Å². The van der Waals surface area contributed by atoms with Crippen LogP contribution in [0, 0.1) is 0 Å². The average Bonchev–Trinajstić information content (AvgIpc) is 2.28. The predicted molar refractivity (Wildman–Crippen MR) is 55.1 cm³/mol. The molecule has 86 valence electrons. The number of rotatable bonds is 4. The SMILES string of the molecule is CCC(O)OC(=O)c1ccc(C(=O)O)cc1. The Kier molecular flexibility index (Phi) is 4.02. The van der Waals surface area contributed by atoms with E-state index in [1.807, 2.05) is 0 Å². The number of aromatic carboxylic acids is 1. The summed E-state index contributed by atoms with van der Waals surface area (Å²) in [5.41, 5.74) is 0.296. The molecule has 1 aromatic carbocycles. The zero-order valence-corrected chi connectivity index (χ0v) is 8.71. The third-order valence-corrected chi connectivity index (χ3v) is 1.96. The molecule has 0 aromatic heterocycles. The maximum absolute atomic E-state index is 11.4. The highest BCUT2D eigenvalue weighted by molar-refractivity contribution is 5.92. The second-order valence-corrected chi connectivity index (χ2v) is 3.15. The maximum Gasteiger partial charge on any atom is 0.340 e. The van der Waals surface area contributed by atoms with Gasteiger partial charge in [0.1, 0.15) is 0 Å². The van der Waals surface area contributed by atoms with E-state index in [-0.39, 0.29) is 11.1 Å². The Hall–Kier alpha value is -1.88. The van der Waals surface area contributed by atoms with Crippen LogP contribution in [-0.2, 0) is 4.74 Å². The molecule has 1 unspecified atom stereocenters. The van der Waals surface area contributed by atoms with Gasteiger partial charge in [-0.1, -0.05) is 6.92 Å². The van der Waals surface area contributed by atoms with Crippen molar-refractivity contribution in [3.05, 3.63) is 35.4 Å². The van der Waals surface area contributed by atoms with Crippen molar-refractivity contribution in [3.63, 3.8) is 0 Å². The number of carboxylic acid groups (broad SMARTS) is 1. The van der Waals surface area contributed by atoms with Crippen LogP contribution in [0.2, 0.25) is 0 Å². The van der Waals surface area contributed by atoms with Crippen molar-refractivity contribution in [3.8, 4) is 0 Å². The molecule has 0 bridgehead atoms. The first-order chi connectivity index (χ1) is 7.54. The lowest BCUT2D eigenvalue weighted by Crippen LogP contribution is -2.16. The zero-order valence-electron chi connectivity index (χ0n) is 8.71. The fraction of sp³-hybridized carbons (Fsp3) is 0.273. The Morgan fingerprint density at radius 3 is 2.19 bits per heavy atom. The van der Waals surface area contributed by atoms with Gasteiger partial charge >= 0.3 is 11.9 Å². The number of carboxylic acids is 1. The summed E-state index contributed by atoms with van der Waals surface area (Å²) in [6.07, 6.45) is -0.828. The highest BCUT2D eigenvalue weighted by Gasteiger charge is 2.12. The molecule has 0 fully saturated rings. The number of ether oxygens (including phenoxy) is 1. The van der Waals surface area contributed by atoms with Gasteiger partial charge in [0, 0.05) is 6.42 Å². The summed E-state index contributed by atoms with van der Waals surface area (Å²) < 4.78 is 4.66. The maximum atomic E-state index is 11.4. The fourth-order valence-corrected chi connectivity index (χ4v) is 1.02. The van der Waals surface area contributed by atoms with Gasteiger partial charge in [-0.3, -0.25) is 0 Å². The molecule has 0 heterocycles. The van der Waals surface area contributed by atoms with Gasteiger partial charge in [-0.15, -0.1) is 0 Å². The molecule has 16 heavy (non-hydrogen) atoms. The van der Waals surface area contributed by atoms with Crippen LogP contribution in [0.4, 0.5) is 0 Å². The van der Waals surface area contributed by atoms with Gasteiger partial charge in [-0.05, 0) is 24.3 Å². The van der Waals surface area contributed by atoms with Crippen LogP contribution in [0.5, 0.6) is 0 Å². The normalized spacial score (nSPS) is 11.9. The largest absolute Gasteiger partial charge is 0.478 e. The van der Waals surface area contributed by atoms with E-state index in [4.69, 9.17) is 10.2 Å². The molecule has 0 saturated carbocycles.